The molecule has 2 fully saturated rings. The Morgan fingerprint density at radius 3 is 2.78 bits per heavy atom. The maximum absolute atomic E-state index is 8.82. The summed E-state index contributed by atoms with van der Waals surface area (Å²) in [6.45, 7) is 1.94. The first-order chi connectivity index (χ1) is 8.81. The molecule has 1 aromatic rings. The van der Waals surface area contributed by atoms with Crippen LogP contribution in [0.25, 0.3) is 0 Å². The minimum Gasteiger partial charge on any atom is -0.375 e. The number of rotatable bonds is 1. The standard InChI is InChI=1S/C15H18N2O/c16-11-12-2-4-13(5-3-12)14-10-15(7-8-17-14)6-1-9-18-15/h2-5,14,17H,1,6-10H2. The molecule has 0 bridgehead atoms. The molecule has 1 spiro atoms. The van der Waals surface area contributed by atoms with E-state index in [2.05, 4.69) is 23.5 Å². The van der Waals surface area contributed by atoms with E-state index >= 15 is 0 Å². The third-order valence-electron chi connectivity index (χ3n) is 4.17. The first-order valence-electron chi connectivity index (χ1n) is 6.69. The second-order valence-corrected chi connectivity index (χ2v) is 5.33. The van der Waals surface area contributed by atoms with E-state index in [0.717, 1.165) is 31.6 Å². The average Bonchev–Trinajstić information content (AvgIpc) is 2.87. The highest BCUT2D eigenvalue weighted by molar-refractivity contribution is 5.33. The van der Waals surface area contributed by atoms with E-state index in [1.165, 1.54) is 18.4 Å². The molecule has 0 aromatic heterocycles. The van der Waals surface area contributed by atoms with Crippen LogP contribution in [-0.2, 0) is 4.74 Å². The van der Waals surface area contributed by atoms with Gasteiger partial charge in [-0.3, -0.25) is 0 Å². The number of nitriles is 1. The summed E-state index contributed by atoms with van der Waals surface area (Å²) in [4.78, 5) is 0. The van der Waals surface area contributed by atoms with Gasteiger partial charge in [0.05, 0.1) is 17.2 Å². The number of piperidine rings is 1. The van der Waals surface area contributed by atoms with Crippen LogP contribution in [0.5, 0.6) is 0 Å². The van der Waals surface area contributed by atoms with Gasteiger partial charge >= 0.3 is 0 Å². The van der Waals surface area contributed by atoms with Crippen LogP contribution in [0.15, 0.2) is 24.3 Å². The fourth-order valence-electron chi connectivity index (χ4n) is 3.16. The van der Waals surface area contributed by atoms with Crippen LogP contribution in [0.2, 0.25) is 0 Å². The molecule has 0 saturated carbocycles. The molecule has 1 aromatic carbocycles. The summed E-state index contributed by atoms with van der Waals surface area (Å²) in [7, 11) is 0. The highest BCUT2D eigenvalue weighted by Crippen LogP contribution is 2.39. The number of benzene rings is 1. The van der Waals surface area contributed by atoms with Gasteiger partial charge in [0.2, 0.25) is 0 Å². The Bertz CT molecular complexity index is 454. The Hall–Kier alpha value is -1.37. The number of hydrogen-bond acceptors (Lipinski definition) is 3. The van der Waals surface area contributed by atoms with Gasteiger partial charge in [-0.1, -0.05) is 12.1 Å². The molecular weight excluding hydrogens is 224 g/mol. The lowest BCUT2D eigenvalue weighted by Gasteiger charge is -2.38. The van der Waals surface area contributed by atoms with Crippen molar-refractivity contribution in [1.29, 1.82) is 5.26 Å². The van der Waals surface area contributed by atoms with Crippen molar-refractivity contribution in [1.82, 2.24) is 5.32 Å². The van der Waals surface area contributed by atoms with Crippen LogP contribution < -0.4 is 5.32 Å². The normalized spacial score (nSPS) is 31.4. The highest BCUT2D eigenvalue weighted by atomic mass is 16.5. The topological polar surface area (TPSA) is 45.0 Å². The summed E-state index contributed by atoms with van der Waals surface area (Å²) in [5.74, 6) is 0. The fourth-order valence-corrected chi connectivity index (χ4v) is 3.16. The molecule has 1 N–H and O–H groups in total. The summed E-state index contributed by atoms with van der Waals surface area (Å²) in [6.07, 6.45) is 4.57. The SMILES string of the molecule is N#Cc1ccc(C2CC3(CCCO3)CCN2)cc1. The van der Waals surface area contributed by atoms with Crippen LogP contribution in [0.4, 0.5) is 0 Å². The number of nitrogens with zero attached hydrogens (tertiary/aromatic N) is 1. The van der Waals surface area contributed by atoms with Gasteiger partial charge < -0.3 is 10.1 Å². The highest BCUT2D eigenvalue weighted by Gasteiger charge is 2.40. The first-order valence-corrected chi connectivity index (χ1v) is 6.69. The molecule has 0 radical (unpaired) electrons. The number of hydrogen-bond donors (Lipinski definition) is 1. The predicted molar refractivity (Wildman–Crippen MR) is 69.1 cm³/mol. The lowest BCUT2D eigenvalue weighted by Crippen LogP contribution is -2.43. The largest absolute Gasteiger partial charge is 0.375 e. The lowest BCUT2D eigenvalue weighted by molar-refractivity contribution is -0.0310. The van der Waals surface area contributed by atoms with E-state index in [9.17, 15) is 0 Å². The van der Waals surface area contributed by atoms with Gasteiger partial charge in [0.25, 0.3) is 0 Å². The second kappa shape index (κ2) is 4.72. The Morgan fingerprint density at radius 2 is 2.11 bits per heavy atom. The molecule has 2 atom stereocenters. The van der Waals surface area contributed by atoms with Crippen molar-refractivity contribution in [3.8, 4) is 6.07 Å². The molecule has 0 aliphatic carbocycles. The van der Waals surface area contributed by atoms with E-state index < -0.39 is 0 Å². The quantitative estimate of drug-likeness (QED) is 0.823. The third-order valence-corrected chi connectivity index (χ3v) is 4.17. The van der Waals surface area contributed by atoms with Crippen LogP contribution in [0.1, 0.15) is 42.9 Å². The summed E-state index contributed by atoms with van der Waals surface area (Å²) in [6, 6.07) is 10.4. The van der Waals surface area contributed by atoms with Crippen molar-refractivity contribution in [3.05, 3.63) is 35.4 Å². The van der Waals surface area contributed by atoms with Crippen LogP contribution >= 0.6 is 0 Å². The van der Waals surface area contributed by atoms with Gasteiger partial charge in [-0.15, -0.1) is 0 Å². The minimum absolute atomic E-state index is 0.115. The second-order valence-electron chi connectivity index (χ2n) is 5.33. The van der Waals surface area contributed by atoms with E-state index in [0.29, 0.717) is 6.04 Å². The van der Waals surface area contributed by atoms with Gasteiger partial charge in [-0.2, -0.15) is 5.26 Å². The number of ether oxygens (including phenoxy) is 1. The van der Waals surface area contributed by atoms with Gasteiger partial charge in [0.1, 0.15) is 0 Å². The molecule has 2 saturated heterocycles. The summed E-state index contributed by atoms with van der Waals surface area (Å²) in [5.41, 5.74) is 2.11. The molecule has 3 heteroatoms. The molecule has 3 nitrogen and oxygen atoms in total. The first kappa shape index (κ1) is 11.7. The van der Waals surface area contributed by atoms with Gasteiger partial charge in [-0.25, -0.2) is 0 Å². The number of nitrogens with one attached hydrogen (secondary N) is 1. The molecule has 2 heterocycles. The molecule has 94 valence electrons. The maximum atomic E-state index is 8.82. The molecule has 2 aliphatic heterocycles. The van der Waals surface area contributed by atoms with E-state index in [4.69, 9.17) is 10.00 Å². The van der Waals surface area contributed by atoms with Crippen molar-refractivity contribution in [2.45, 2.75) is 37.3 Å². The third kappa shape index (κ3) is 2.14. The van der Waals surface area contributed by atoms with Crippen molar-refractivity contribution in [3.63, 3.8) is 0 Å². The molecule has 0 amide bonds. The van der Waals surface area contributed by atoms with E-state index in [-0.39, 0.29) is 5.60 Å². The molecule has 2 aliphatic rings. The van der Waals surface area contributed by atoms with Crippen molar-refractivity contribution in [2.75, 3.05) is 13.2 Å². The Kier molecular flexibility index (Phi) is 3.07. The van der Waals surface area contributed by atoms with Crippen molar-refractivity contribution in [2.24, 2.45) is 0 Å². The maximum Gasteiger partial charge on any atom is 0.0991 e. The van der Waals surface area contributed by atoms with Gasteiger partial charge in [-0.05, 0) is 49.9 Å². The molecule has 18 heavy (non-hydrogen) atoms. The molecule has 3 rings (SSSR count). The van der Waals surface area contributed by atoms with Crippen molar-refractivity contribution >= 4 is 0 Å². The summed E-state index contributed by atoms with van der Waals surface area (Å²) >= 11 is 0. The smallest absolute Gasteiger partial charge is 0.0991 e. The van der Waals surface area contributed by atoms with Crippen molar-refractivity contribution < 1.29 is 4.74 Å². The monoisotopic (exact) mass is 242 g/mol. The average molecular weight is 242 g/mol. The van der Waals surface area contributed by atoms with Crippen LogP contribution in [0.3, 0.4) is 0 Å². The fraction of sp³-hybridized carbons (Fsp3) is 0.533. The lowest BCUT2D eigenvalue weighted by atomic mass is 9.83. The molecular formula is C15H18N2O. The van der Waals surface area contributed by atoms with E-state index in [1.54, 1.807) is 0 Å². The summed E-state index contributed by atoms with van der Waals surface area (Å²) in [5, 5.41) is 12.4. The Balaban J connectivity index is 1.77. The van der Waals surface area contributed by atoms with Gasteiger partial charge in [0.15, 0.2) is 0 Å². The zero-order valence-corrected chi connectivity index (χ0v) is 10.5. The zero-order chi connectivity index (χ0) is 12.4. The van der Waals surface area contributed by atoms with E-state index in [1.807, 2.05) is 12.1 Å². The Labute approximate surface area is 108 Å². The van der Waals surface area contributed by atoms with Crippen LogP contribution in [0, 0.1) is 11.3 Å². The van der Waals surface area contributed by atoms with Crippen LogP contribution in [-0.4, -0.2) is 18.8 Å². The summed E-state index contributed by atoms with van der Waals surface area (Å²) < 4.78 is 5.99. The zero-order valence-electron chi connectivity index (χ0n) is 10.5. The predicted octanol–water partition coefficient (Wildman–Crippen LogP) is 2.53. The van der Waals surface area contributed by atoms with Gasteiger partial charge in [0, 0.05) is 12.6 Å². The minimum atomic E-state index is 0.115. The Morgan fingerprint density at radius 1 is 1.28 bits per heavy atom. The molecule has 2 unspecified atom stereocenters.